The van der Waals surface area contributed by atoms with Crippen molar-refractivity contribution in [1.29, 1.82) is 0 Å². The fourth-order valence-electron chi connectivity index (χ4n) is 4.16. The first-order valence-corrected chi connectivity index (χ1v) is 10.6. The molecule has 0 aliphatic heterocycles. The molecule has 0 unspecified atom stereocenters. The van der Waals surface area contributed by atoms with E-state index < -0.39 is 0 Å². The average Bonchev–Trinajstić information content (AvgIpc) is 2.83. The zero-order valence-corrected chi connectivity index (χ0v) is 18.6. The van der Waals surface area contributed by atoms with Gasteiger partial charge in [-0.1, -0.05) is 24.3 Å². The van der Waals surface area contributed by atoms with Gasteiger partial charge in [0.25, 0.3) is 0 Å². The number of hydrogen-bond donors (Lipinski definition) is 0. The molecular formula is C28H24N2O2. The Morgan fingerprint density at radius 2 is 0.938 bits per heavy atom. The fourth-order valence-corrected chi connectivity index (χ4v) is 4.16. The van der Waals surface area contributed by atoms with Crippen molar-refractivity contribution in [3.63, 3.8) is 0 Å². The van der Waals surface area contributed by atoms with Crippen LogP contribution in [0.3, 0.4) is 0 Å². The maximum atomic E-state index is 5.40. The SMILES string of the molecule is COc1ccc(-c2ccc3ccc4ccc(-c5ccc(OC)c(C)c5)nc4c3n2)cc1C. The van der Waals surface area contributed by atoms with Crippen LogP contribution >= 0.6 is 0 Å². The lowest BCUT2D eigenvalue weighted by Gasteiger charge is -2.10. The summed E-state index contributed by atoms with van der Waals surface area (Å²) < 4.78 is 10.8. The minimum absolute atomic E-state index is 0.876. The molecule has 5 rings (SSSR count). The third-order valence-electron chi connectivity index (χ3n) is 5.90. The normalized spacial score (nSPS) is 11.1. The summed E-state index contributed by atoms with van der Waals surface area (Å²) in [6.45, 7) is 4.09. The molecule has 5 aromatic rings. The van der Waals surface area contributed by atoms with Crippen molar-refractivity contribution in [2.24, 2.45) is 0 Å². The number of hydrogen-bond acceptors (Lipinski definition) is 4. The highest BCUT2D eigenvalue weighted by molar-refractivity contribution is 6.04. The number of benzene rings is 3. The topological polar surface area (TPSA) is 44.2 Å². The van der Waals surface area contributed by atoms with Gasteiger partial charge >= 0.3 is 0 Å². The van der Waals surface area contributed by atoms with Gasteiger partial charge in [0.05, 0.1) is 36.6 Å². The van der Waals surface area contributed by atoms with Crippen molar-refractivity contribution in [1.82, 2.24) is 9.97 Å². The molecule has 0 radical (unpaired) electrons. The molecule has 158 valence electrons. The van der Waals surface area contributed by atoms with Gasteiger partial charge in [-0.15, -0.1) is 0 Å². The van der Waals surface area contributed by atoms with E-state index in [1.165, 1.54) is 0 Å². The molecule has 0 aliphatic carbocycles. The van der Waals surface area contributed by atoms with Gasteiger partial charge < -0.3 is 9.47 Å². The highest BCUT2D eigenvalue weighted by Gasteiger charge is 2.10. The van der Waals surface area contributed by atoms with Crippen LogP contribution in [0.2, 0.25) is 0 Å². The molecule has 2 aromatic heterocycles. The van der Waals surface area contributed by atoms with E-state index in [2.05, 4.69) is 48.5 Å². The summed E-state index contributed by atoms with van der Waals surface area (Å²) in [6.07, 6.45) is 0. The van der Waals surface area contributed by atoms with Gasteiger partial charge in [-0.3, -0.25) is 0 Å². The van der Waals surface area contributed by atoms with E-state index in [1.54, 1.807) is 14.2 Å². The van der Waals surface area contributed by atoms with Crippen LogP contribution in [0.5, 0.6) is 11.5 Å². The van der Waals surface area contributed by atoms with Crippen molar-refractivity contribution >= 4 is 21.8 Å². The second-order valence-electron chi connectivity index (χ2n) is 7.97. The van der Waals surface area contributed by atoms with E-state index in [1.807, 2.05) is 38.1 Å². The molecule has 0 saturated carbocycles. The molecule has 4 heteroatoms. The predicted octanol–water partition coefficient (Wildman–Crippen LogP) is 6.75. The molecule has 0 aliphatic rings. The molecule has 0 spiro atoms. The summed E-state index contributed by atoms with van der Waals surface area (Å²) in [5, 5.41) is 2.14. The third-order valence-corrected chi connectivity index (χ3v) is 5.90. The Morgan fingerprint density at radius 1 is 0.531 bits per heavy atom. The minimum Gasteiger partial charge on any atom is -0.496 e. The Labute approximate surface area is 187 Å². The molecule has 4 nitrogen and oxygen atoms in total. The highest BCUT2D eigenvalue weighted by Crippen LogP contribution is 2.31. The van der Waals surface area contributed by atoms with Crippen LogP contribution in [0.4, 0.5) is 0 Å². The predicted molar refractivity (Wildman–Crippen MR) is 130 cm³/mol. The maximum absolute atomic E-state index is 5.40. The van der Waals surface area contributed by atoms with Crippen molar-refractivity contribution < 1.29 is 9.47 Å². The first kappa shape index (κ1) is 20.0. The Hall–Kier alpha value is -3.92. The van der Waals surface area contributed by atoms with E-state index in [4.69, 9.17) is 19.4 Å². The summed E-state index contributed by atoms with van der Waals surface area (Å²) in [5.41, 5.74) is 7.93. The highest BCUT2D eigenvalue weighted by atomic mass is 16.5. The molecule has 0 N–H and O–H groups in total. The zero-order valence-electron chi connectivity index (χ0n) is 18.6. The number of rotatable bonds is 4. The van der Waals surface area contributed by atoms with E-state index in [9.17, 15) is 0 Å². The van der Waals surface area contributed by atoms with Gasteiger partial charge in [-0.05, 0) is 73.5 Å². The molecule has 32 heavy (non-hydrogen) atoms. The Kier molecular flexibility index (Phi) is 4.98. The van der Waals surface area contributed by atoms with Crippen LogP contribution in [-0.2, 0) is 0 Å². The van der Waals surface area contributed by atoms with Crippen LogP contribution in [0.25, 0.3) is 44.3 Å². The molecule has 0 atom stereocenters. The van der Waals surface area contributed by atoms with Crippen molar-refractivity contribution in [3.8, 4) is 34.0 Å². The number of fused-ring (bicyclic) bond motifs is 3. The first-order valence-electron chi connectivity index (χ1n) is 10.6. The lowest BCUT2D eigenvalue weighted by molar-refractivity contribution is 0.411. The van der Waals surface area contributed by atoms with Gasteiger partial charge in [0.1, 0.15) is 11.5 Å². The van der Waals surface area contributed by atoms with Gasteiger partial charge in [0.2, 0.25) is 0 Å². The number of ether oxygens (including phenoxy) is 2. The second-order valence-corrected chi connectivity index (χ2v) is 7.97. The Bertz CT molecular complexity index is 1360. The number of pyridine rings is 2. The molecular weight excluding hydrogens is 396 g/mol. The van der Waals surface area contributed by atoms with Crippen LogP contribution in [0, 0.1) is 13.8 Å². The maximum Gasteiger partial charge on any atom is 0.121 e. The van der Waals surface area contributed by atoms with Crippen LogP contribution < -0.4 is 9.47 Å². The van der Waals surface area contributed by atoms with E-state index in [0.29, 0.717) is 0 Å². The van der Waals surface area contributed by atoms with Crippen LogP contribution in [0.15, 0.2) is 72.8 Å². The number of methoxy groups -OCH3 is 2. The standard InChI is InChI=1S/C28H24N2O2/c1-17-15-21(9-13-25(17)31-3)23-11-7-19-5-6-20-8-12-24(30-28(20)27(19)29-23)22-10-14-26(32-4)18(2)16-22/h5-16H,1-4H3. The van der Waals surface area contributed by atoms with Crippen molar-refractivity contribution in [2.75, 3.05) is 14.2 Å². The smallest absolute Gasteiger partial charge is 0.121 e. The monoisotopic (exact) mass is 420 g/mol. The zero-order chi connectivity index (χ0) is 22.2. The Morgan fingerprint density at radius 3 is 1.31 bits per heavy atom. The summed E-state index contributed by atoms with van der Waals surface area (Å²) in [6, 6.07) is 24.8. The quantitative estimate of drug-likeness (QED) is 0.302. The fraction of sp³-hybridized carbons (Fsp3) is 0.143. The van der Waals surface area contributed by atoms with Crippen LogP contribution in [-0.4, -0.2) is 24.2 Å². The Balaban J connectivity index is 1.67. The van der Waals surface area contributed by atoms with Crippen LogP contribution in [0.1, 0.15) is 11.1 Å². The minimum atomic E-state index is 0.876. The number of nitrogens with zero attached hydrogens (tertiary/aromatic N) is 2. The van der Waals surface area contributed by atoms with Gasteiger partial charge in [0.15, 0.2) is 0 Å². The van der Waals surface area contributed by atoms with E-state index in [-0.39, 0.29) is 0 Å². The van der Waals surface area contributed by atoms with Gasteiger partial charge in [-0.2, -0.15) is 0 Å². The molecule has 3 aromatic carbocycles. The number of aryl methyl sites for hydroxylation is 2. The summed E-state index contributed by atoms with van der Waals surface area (Å²) in [7, 11) is 3.38. The molecule has 0 amide bonds. The average molecular weight is 421 g/mol. The lowest BCUT2D eigenvalue weighted by atomic mass is 10.0. The van der Waals surface area contributed by atoms with Crippen molar-refractivity contribution in [2.45, 2.75) is 13.8 Å². The van der Waals surface area contributed by atoms with Gasteiger partial charge in [-0.25, -0.2) is 9.97 Å². The third kappa shape index (κ3) is 3.44. The molecule has 0 fully saturated rings. The molecule has 0 bridgehead atoms. The largest absolute Gasteiger partial charge is 0.496 e. The summed E-state index contributed by atoms with van der Waals surface area (Å²) in [4.78, 5) is 10.1. The molecule has 2 heterocycles. The number of aromatic nitrogens is 2. The summed E-state index contributed by atoms with van der Waals surface area (Å²) in [5.74, 6) is 1.75. The lowest BCUT2D eigenvalue weighted by Crippen LogP contribution is -1.93. The molecule has 0 saturated heterocycles. The van der Waals surface area contributed by atoms with Crippen molar-refractivity contribution in [3.05, 3.63) is 83.9 Å². The van der Waals surface area contributed by atoms with E-state index >= 15 is 0 Å². The van der Waals surface area contributed by atoms with Gasteiger partial charge in [0, 0.05) is 21.9 Å². The second kappa shape index (κ2) is 7.97. The summed E-state index contributed by atoms with van der Waals surface area (Å²) >= 11 is 0. The van der Waals surface area contributed by atoms with E-state index in [0.717, 1.165) is 66.9 Å². The first-order chi connectivity index (χ1) is 15.6.